The molecule has 4 rings (SSSR count). The fourth-order valence-electron chi connectivity index (χ4n) is 2.90. The van der Waals surface area contributed by atoms with E-state index in [4.69, 9.17) is 0 Å². The second-order valence-electron chi connectivity index (χ2n) is 5.94. The molecule has 26 heavy (non-hydrogen) atoms. The van der Waals surface area contributed by atoms with Crippen LogP contribution in [-0.4, -0.2) is 32.7 Å². The first-order valence-corrected chi connectivity index (χ1v) is 8.21. The third kappa shape index (κ3) is 2.79. The van der Waals surface area contributed by atoms with E-state index in [1.165, 1.54) is 0 Å². The van der Waals surface area contributed by atoms with Crippen LogP contribution < -0.4 is 10.6 Å². The predicted octanol–water partition coefficient (Wildman–Crippen LogP) is 3.07. The number of benzene rings is 1. The highest BCUT2D eigenvalue weighted by atomic mass is 16.1. The van der Waals surface area contributed by atoms with Crippen LogP contribution in [-0.2, 0) is 7.05 Å². The third-order valence-electron chi connectivity index (χ3n) is 4.18. The summed E-state index contributed by atoms with van der Waals surface area (Å²) >= 11 is 0. The number of aryl methyl sites for hydroxylation is 1. The molecule has 0 aliphatic carbocycles. The summed E-state index contributed by atoms with van der Waals surface area (Å²) in [5.41, 5.74) is 3.24. The molecular formula is C19H18N6O. The molecule has 0 spiro atoms. The van der Waals surface area contributed by atoms with Crippen molar-refractivity contribution in [1.82, 2.24) is 25.1 Å². The normalized spacial score (nSPS) is 10.8. The molecule has 3 aromatic heterocycles. The molecule has 0 aliphatic rings. The molecule has 3 heterocycles. The maximum atomic E-state index is 12.2. The van der Waals surface area contributed by atoms with Gasteiger partial charge in [-0.05, 0) is 11.6 Å². The molecule has 130 valence electrons. The van der Waals surface area contributed by atoms with Gasteiger partial charge in [-0.1, -0.05) is 30.3 Å². The molecule has 0 radical (unpaired) electrons. The SMILES string of the molecule is CNC(=O)c1cnc(Nc2ccn(C)n2)c2[nH]c(-c3ccccc3)cc12. The van der Waals surface area contributed by atoms with Crippen LogP contribution in [0.2, 0.25) is 0 Å². The lowest BCUT2D eigenvalue weighted by Crippen LogP contribution is -2.18. The lowest BCUT2D eigenvalue weighted by Gasteiger charge is -2.07. The van der Waals surface area contributed by atoms with Crippen LogP contribution in [0.5, 0.6) is 0 Å². The van der Waals surface area contributed by atoms with Crippen LogP contribution >= 0.6 is 0 Å². The zero-order valence-electron chi connectivity index (χ0n) is 14.4. The number of nitrogens with one attached hydrogen (secondary N) is 3. The molecule has 0 unspecified atom stereocenters. The highest BCUT2D eigenvalue weighted by molar-refractivity contribution is 6.09. The van der Waals surface area contributed by atoms with Gasteiger partial charge < -0.3 is 15.6 Å². The van der Waals surface area contributed by atoms with E-state index in [0.717, 1.165) is 22.2 Å². The number of amides is 1. The summed E-state index contributed by atoms with van der Waals surface area (Å²) in [5.74, 6) is 1.13. The Balaban J connectivity index is 1.87. The third-order valence-corrected chi connectivity index (χ3v) is 4.18. The molecule has 4 aromatic rings. The molecule has 0 aliphatic heterocycles. The Morgan fingerprint density at radius 1 is 1.19 bits per heavy atom. The number of carbonyl (C=O) groups excluding carboxylic acids is 1. The predicted molar refractivity (Wildman–Crippen MR) is 101 cm³/mol. The molecule has 7 nitrogen and oxygen atoms in total. The summed E-state index contributed by atoms with van der Waals surface area (Å²) in [7, 11) is 3.46. The average Bonchev–Trinajstić information content (AvgIpc) is 3.29. The number of aromatic amines is 1. The van der Waals surface area contributed by atoms with Gasteiger partial charge >= 0.3 is 0 Å². The van der Waals surface area contributed by atoms with Crippen molar-refractivity contribution in [3.63, 3.8) is 0 Å². The summed E-state index contributed by atoms with van der Waals surface area (Å²) in [5, 5.41) is 11.0. The minimum atomic E-state index is -0.175. The standard InChI is InChI=1S/C19H18N6O/c1-20-19(26)14-11-21-18(23-16-8-9-25(2)24-16)17-13(14)10-15(22-17)12-6-4-3-5-7-12/h3-11,22H,1-2H3,(H,20,26)(H,21,23,24). The van der Waals surface area contributed by atoms with Crippen LogP contribution in [0.1, 0.15) is 10.4 Å². The smallest absolute Gasteiger partial charge is 0.253 e. The quantitative estimate of drug-likeness (QED) is 0.530. The molecule has 0 atom stereocenters. The second-order valence-corrected chi connectivity index (χ2v) is 5.94. The van der Waals surface area contributed by atoms with E-state index in [2.05, 4.69) is 25.7 Å². The van der Waals surface area contributed by atoms with E-state index in [9.17, 15) is 4.79 Å². The number of carbonyl (C=O) groups is 1. The Bertz CT molecular complexity index is 1080. The topological polar surface area (TPSA) is 87.6 Å². The summed E-state index contributed by atoms with van der Waals surface area (Å²) in [4.78, 5) is 20.1. The maximum Gasteiger partial charge on any atom is 0.253 e. The van der Waals surface area contributed by atoms with E-state index in [1.807, 2.05) is 55.7 Å². The lowest BCUT2D eigenvalue weighted by molar-refractivity contribution is 0.0964. The molecule has 0 fully saturated rings. The highest BCUT2D eigenvalue weighted by Gasteiger charge is 2.16. The van der Waals surface area contributed by atoms with Crippen LogP contribution in [0.25, 0.3) is 22.2 Å². The van der Waals surface area contributed by atoms with E-state index in [1.54, 1.807) is 17.9 Å². The first-order valence-electron chi connectivity index (χ1n) is 8.21. The first kappa shape index (κ1) is 15.9. The van der Waals surface area contributed by atoms with Gasteiger partial charge in [0, 0.05) is 43.6 Å². The second kappa shape index (κ2) is 6.36. The van der Waals surface area contributed by atoms with Crippen LogP contribution in [0, 0.1) is 0 Å². The van der Waals surface area contributed by atoms with Crippen LogP contribution in [0.3, 0.4) is 0 Å². The summed E-state index contributed by atoms with van der Waals surface area (Å²) in [6.07, 6.45) is 3.43. The van der Waals surface area contributed by atoms with Gasteiger partial charge in [-0.3, -0.25) is 9.48 Å². The Hall–Kier alpha value is -3.61. The van der Waals surface area contributed by atoms with Gasteiger partial charge in [-0.25, -0.2) is 4.98 Å². The van der Waals surface area contributed by atoms with Crippen molar-refractivity contribution in [2.75, 3.05) is 12.4 Å². The van der Waals surface area contributed by atoms with Gasteiger partial charge in [0.05, 0.1) is 11.1 Å². The van der Waals surface area contributed by atoms with Crippen LogP contribution in [0.15, 0.2) is 54.9 Å². The Morgan fingerprint density at radius 2 is 2.00 bits per heavy atom. The Labute approximate surface area is 150 Å². The molecule has 0 bridgehead atoms. The van der Waals surface area contributed by atoms with Gasteiger partial charge in [0.1, 0.15) is 0 Å². The number of rotatable bonds is 4. The number of hydrogen-bond donors (Lipinski definition) is 3. The van der Waals surface area contributed by atoms with Crippen molar-refractivity contribution in [2.24, 2.45) is 7.05 Å². The van der Waals surface area contributed by atoms with Gasteiger partial charge in [0.15, 0.2) is 11.6 Å². The lowest BCUT2D eigenvalue weighted by atomic mass is 10.1. The summed E-state index contributed by atoms with van der Waals surface area (Å²) < 4.78 is 1.71. The molecular weight excluding hydrogens is 328 g/mol. The van der Waals surface area contributed by atoms with Gasteiger partial charge in [0.25, 0.3) is 5.91 Å². The van der Waals surface area contributed by atoms with Crippen molar-refractivity contribution in [3.8, 4) is 11.3 Å². The zero-order chi connectivity index (χ0) is 18.1. The van der Waals surface area contributed by atoms with Crippen molar-refractivity contribution >= 4 is 28.4 Å². The fraction of sp³-hybridized carbons (Fsp3) is 0.105. The van der Waals surface area contributed by atoms with Crippen molar-refractivity contribution in [1.29, 1.82) is 0 Å². The molecule has 3 N–H and O–H groups in total. The van der Waals surface area contributed by atoms with Gasteiger partial charge in [-0.2, -0.15) is 5.10 Å². The number of aromatic nitrogens is 4. The minimum absolute atomic E-state index is 0.175. The molecule has 0 saturated heterocycles. The monoisotopic (exact) mass is 346 g/mol. The Morgan fingerprint density at radius 3 is 2.69 bits per heavy atom. The van der Waals surface area contributed by atoms with E-state index in [0.29, 0.717) is 17.2 Å². The van der Waals surface area contributed by atoms with Crippen LogP contribution in [0.4, 0.5) is 11.6 Å². The average molecular weight is 346 g/mol. The number of pyridine rings is 1. The zero-order valence-corrected chi connectivity index (χ0v) is 14.4. The van der Waals surface area contributed by atoms with E-state index < -0.39 is 0 Å². The summed E-state index contributed by atoms with van der Waals surface area (Å²) in [6, 6.07) is 13.8. The van der Waals surface area contributed by atoms with Gasteiger partial charge in [0.2, 0.25) is 0 Å². The molecule has 7 heteroatoms. The molecule has 1 aromatic carbocycles. The number of hydrogen-bond acceptors (Lipinski definition) is 4. The number of H-pyrrole nitrogens is 1. The van der Waals surface area contributed by atoms with Crippen molar-refractivity contribution in [3.05, 3.63) is 60.4 Å². The minimum Gasteiger partial charge on any atom is -0.355 e. The number of nitrogens with zero attached hydrogens (tertiary/aromatic N) is 3. The Kier molecular flexibility index (Phi) is 3.89. The highest BCUT2D eigenvalue weighted by Crippen LogP contribution is 2.31. The maximum absolute atomic E-state index is 12.2. The largest absolute Gasteiger partial charge is 0.355 e. The number of anilines is 2. The number of fused-ring (bicyclic) bond motifs is 1. The first-order chi connectivity index (χ1) is 12.7. The van der Waals surface area contributed by atoms with E-state index >= 15 is 0 Å². The van der Waals surface area contributed by atoms with Gasteiger partial charge in [-0.15, -0.1) is 0 Å². The molecule has 0 saturated carbocycles. The fourth-order valence-corrected chi connectivity index (χ4v) is 2.90. The van der Waals surface area contributed by atoms with E-state index in [-0.39, 0.29) is 5.91 Å². The van der Waals surface area contributed by atoms with Crippen molar-refractivity contribution in [2.45, 2.75) is 0 Å². The molecule has 1 amide bonds. The van der Waals surface area contributed by atoms with Crippen molar-refractivity contribution < 1.29 is 4.79 Å². The summed E-state index contributed by atoms with van der Waals surface area (Å²) in [6.45, 7) is 0.